The smallest absolute Gasteiger partial charge is 0.407 e. The van der Waals surface area contributed by atoms with Gasteiger partial charge in [-0.15, -0.1) is 0 Å². The maximum atomic E-state index is 11.2. The first-order chi connectivity index (χ1) is 7.67. The molecule has 0 saturated heterocycles. The Labute approximate surface area is 93.9 Å². The van der Waals surface area contributed by atoms with Crippen LogP contribution in [0, 0.1) is 0 Å². The highest BCUT2D eigenvalue weighted by Gasteiger charge is 2.15. The van der Waals surface area contributed by atoms with Crippen LogP contribution in [0.4, 0.5) is 4.79 Å². The summed E-state index contributed by atoms with van der Waals surface area (Å²) in [5.74, 6) is 0. The van der Waals surface area contributed by atoms with Gasteiger partial charge in [-0.3, -0.25) is 0 Å². The molecular weight excluding hydrogens is 208 g/mol. The molecule has 0 radical (unpaired) electrons. The molecule has 0 heterocycles. The lowest BCUT2D eigenvalue weighted by molar-refractivity contribution is 0.150. The number of nitrogens with one attached hydrogen (secondary N) is 1. The Morgan fingerprint density at radius 1 is 1.75 bits per heavy atom. The molecule has 16 heavy (non-hydrogen) atoms. The van der Waals surface area contributed by atoms with Crippen LogP contribution < -0.4 is 5.32 Å². The molecule has 1 amide bonds. The van der Waals surface area contributed by atoms with Crippen LogP contribution in [0.2, 0.25) is 0 Å². The fourth-order valence-electron chi connectivity index (χ4n) is 1.40. The van der Waals surface area contributed by atoms with E-state index in [9.17, 15) is 9.59 Å². The van der Waals surface area contributed by atoms with E-state index in [1.54, 1.807) is 13.0 Å². The summed E-state index contributed by atoms with van der Waals surface area (Å²) in [7, 11) is 0. The largest absolute Gasteiger partial charge is 0.450 e. The third kappa shape index (κ3) is 3.37. The molecule has 0 aromatic carbocycles. The van der Waals surface area contributed by atoms with Gasteiger partial charge in [0.1, 0.15) is 0 Å². The summed E-state index contributed by atoms with van der Waals surface area (Å²) in [4.78, 5) is 24.9. The lowest BCUT2D eigenvalue weighted by atomic mass is 10.0. The second-order valence-electron chi connectivity index (χ2n) is 3.35. The number of hydrogen-bond acceptors (Lipinski definition) is 4. The number of carbonyl (C=O) groups is 1. The van der Waals surface area contributed by atoms with Gasteiger partial charge in [0.2, 0.25) is 6.08 Å². The van der Waals surface area contributed by atoms with Crippen molar-refractivity contribution in [3.8, 4) is 0 Å². The minimum atomic E-state index is -0.467. The Hall–Kier alpha value is -1.87. The molecule has 1 atom stereocenters. The number of aliphatic imine (C=N–C) groups is 1. The number of allylic oxidation sites excluding steroid dienone is 1. The molecule has 1 aliphatic carbocycles. The molecule has 1 rings (SSSR count). The van der Waals surface area contributed by atoms with Crippen molar-refractivity contribution in [3.05, 3.63) is 23.4 Å². The van der Waals surface area contributed by atoms with Crippen LogP contribution in [-0.2, 0) is 9.53 Å². The zero-order valence-corrected chi connectivity index (χ0v) is 9.32. The first-order valence-electron chi connectivity index (χ1n) is 5.07. The first kappa shape index (κ1) is 12.2. The second kappa shape index (κ2) is 5.88. The molecule has 0 bridgehead atoms. The molecule has 86 valence electrons. The van der Waals surface area contributed by atoms with Crippen molar-refractivity contribution < 1.29 is 14.3 Å². The number of isocyanates is 1. The van der Waals surface area contributed by atoms with Crippen molar-refractivity contribution in [1.82, 2.24) is 5.32 Å². The van der Waals surface area contributed by atoms with Crippen LogP contribution in [0.5, 0.6) is 0 Å². The Kier molecular flexibility index (Phi) is 4.48. The number of amides is 1. The number of nitrogens with zero attached hydrogens (tertiary/aromatic N) is 1. The molecule has 1 unspecified atom stereocenters. The van der Waals surface area contributed by atoms with Gasteiger partial charge in [0.25, 0.3) is 0 Å². The quantitative estimate of drug-likeness (QED) is 0.583. The highest BCUT2D eigenvalue weighted by atomic mass is 16.5. The zero-order chi connectivity index (χ0) is 12.0. The minimum absolute atomic E-state index is 0.185. The van der Waals surface area contributed by atoms with E-state index in [4.69, 9.17) is 4.74 Å². The average Bonchev–Trinajstić information content (AvgIpc) is 2.24. The van der Waals surface area contributed by atoms with Crippen molar-refractivity contribution in [2.45, 2.75) is 26.3 Å². The van der Waals surface area contributed by atoms with Crippen molar-refractivity contribution in [1.29, 1.82) is 0 Å². The Balaban J connectivity index is 2.65. The maximum absolute atomic E-state index is 11.2. The van der Waals surface area contributed by atoms with Gasteiger partial charge in [-0.2, -0.15) is 4.99 Å². The molecule has 5 heteroatoms. The normalized spacial score (nSPS) is 19.0. The molecular formula is C11H14N2O3. The molecule has 5 nitrogen and oxygen atoms in total. The fourth-order valence-corrected chi connectivity index (χ4v) is 1.40. The molecule has 0 fully saturated rings. The number of hydrogen-bond donors (Lipinski definition) is 1. The van der Waals surface area contributed by atoms with E-state index in [0.717, 1.165) is 5.57 Å². The van der Waals surface area contributed by atoms with Gasteiger partial charge in [-0.1, -0.05) is 6.08 Å². The molecule has 0 aliphatic heterocycles. The Morgan fingerprint density at radius 2 is 2.50 bits per heavy atom. The summed E-state index contributed by atoms with van der Waals surface area (Å²) in [6, 6.07) is -0.185. The fraction of sp³-hybridized carbons (Fsp3) is 0.455. The van der Waals surface area contributed by atoms with Crippen molar-refractivity contribution in [2.24, 2.45) is 4.99 Å². The van der Waals surface area contributed by atoms with E-state index in [1.165, 1.54) is 6.08 Å². The van der Waals surface area contributed by atoms with Gasteiger partial charge in [0, 0.05) is 0 Å². The topological polar surface area (TPSA) is 67.8 Å². The van der Waals surface area contributed by atoms with Crippen LogP contribution in [0.1, 0.15) is 20.3 Å². The van der Waals surface area contributed by atoms with Gasteiger partial charge in [-0.05, 0) is 31.9 Å². The van der Waals surface area contributed by atoms with E-state index in [2.05, 4.69) is 10.3 Å². The molecule has 1 aliphatic rings. The number of carbonyl (C=O) groups excluding carboxylic acids is 2. The van der Waals surface area contributed by atoms with E-state index in [-0.39, 0.29) is 6.04 Å². The summed E-state index contributed by atoms with van der Waals surface area (Å²) in [6.07, 6.45) is 5.32. The van der Waals surface area contributed by atoms with Gasteiger partial charge in [0.05, 0.1) is 18.3 Å². The number of ether oxygens (including phenoxy) is 1. The van der Waals surface area contributed by atoms with E-state index in [0.29, 0.717) is 18.7 Å². The molecule has 1 N–H and O–H groups in total. The van der Waals surface area contributed by atoms with Crippen LogP contribution in [0.25, 0.3) is 0 Å². The summed E-state index contributed by atoms with van der Waals surface area (Å²) >= 11 is 0. The van der Waals surface area contributed by atoms with Gasteiger partial charge in [0.15, 0.2) is 0 Å². The molecule has 0 aromatic heterocycles. The highest BCUT2D eigenvalue weighted by Crippen LogP contribution is 2.19. The minimum Gasteiger partial charge on any atom is -0.450 e. The maximum Gasteiger partial charge on any atom is 0.407 e. The lowest BCUT2D eigenvalue weighted by Gasteiger charge is -2.18. The number of rotatable bonds is 3. The third-order valence-electron chi connectivity index (χ3n) is 2.19. The summed E-state index contributed by atoms with van der Waals surface area (Å²) in [6.45, 7) is 3.92. The molecule has 0 aromatic rings. The van der Waals surface area contributed by atoms with E-state index >= 15 is 0 Å². The van der Waals surface area contributed by atoms with Gasteiger partial charge >= 0.3 is 6.09 Å². The van der Waals surface area contributed by atoms with Gasteiger partial charge < -0.3 is 10.1 Å². The van der Waals surface area contributed by atoms with E-state index in [1.807, 2.05) is 13.0 Å². The summed E-state index contributed by atoms with van der Waals surface area (Å²) in [5.41, 5.74) is 1.45. The van der Waals surface area contributed by atoms with E-state index < -0.39 is 6.09 Å². The number of alkyl carbamates (subject to hydrolysis) is 1. The molecule has 0 saturated carbocycles. The molecule has 0 spiro atoms. The monoisotopic (exact) mass is 222 g/mol. The SMILES string of the molecule is CCOC(=O)NC1C=C(N=C=O)C(C)=CC1. The standard InChI is InChI=1S/C11H14N2O3/c1-3-16-11(15)13-9-5-4-8(2)10(6-9)12-7-14/h4,6,9H,3,5H2,1-2H3,(H,13,15). The Bertz CT molecular complexity index is 379. The van der Waals surface area contributed by atoms with Gasteiger partial charge in [-0.25, -0.2) is 9.59 Å². The third-order valence-corrected chi connectivity index (χ3v) is 2.19. The predicted octanol–water partition coefficient (Wildman–Crippen LogP) is 1.67. The van der Waals surface area contributed by atoms with Crippen LogP contribution in [0.3, 0.4) is 0 Å². The summed E-state index contributed by atoms with van der Waals surface area (Å²) in [5, 5.41) is 2.66. The Morgan fingerprint density at radius 3 is 3.12 bits per heavy atom. The highest BCUT2D eigenvalue weighted by molar-refractivity contribution is 5.68. The summed E-state index contributed by atoms with van der Waals surface area (Å²) < 4.78 is 4.76. The van der Waals surface area contributed by atoms with Crippen LogP contribution in [-0.4, -0.2) is 24.8 Å². The first-order valence-corrected chi connectivity index (χ1v) is 5.07. The lowest BCUT2D eigenvalue weighted by Crippen LogP contribution is -2.34. The average molecular weight is 222 g/mol. The predicted molar refractivity (Wildman–Crippen MR) is 58.5 cm³/mol. The van der Waals surface area contributed by atoms with Crippen LogP contribution in [0.15, 0.2) is 28.4 Å². The van der Waals surface area contributed by atoms with Crippen molar-refractivity contribution in [3.63, 3.8) is 0 Å². The van der Waals surface area contributed by atoms with Crippen molar-refractivity contribution in [2.75, 3.05) is 6.61 Å². The zero-order valence-electron chi connectivity index (χ0n) is 9.32. The van der Waals surface area contributed by atoms with Crippen LogP contribution >= 0.6 is 0 Å². The van der Waals surface area contributed by atoms with Crippen molar-refractivity contribution >= 4 is 12.2 Å². The second-order valence-corrected chi connectivity index (χ2v) is 3.35.